The number of allylic oxidation sites excluding steroid dienone is 1. The molecule has 0 amide bonds. The summed E-state index contributed by atoms with van der Waals surface area (Å²) in [6.07, 6.45) is 2.28. The van der Waals surface area contributed by atoms with E-state index in [4.69, 9.17) is 9.47 Å². The average molecular weight is 338 g/mol. The Balaban J connectivity index is 1.95. The molecule has 0 bridgehead atoms. The fraction of sp³-hybridized carbons (Fsp3) is 0.318. The minimum absolute atomic E-state index is 0.150. The lowest BCUT2D eigenvalue weighted by Crippen LogP contribution is -2.10. The van der Waals surface area contributed by atoms with Crippen LogP contribution < -0.4 is 4.74 Å². The molecule has 0 radical (unpaired) electrons. The molecule has 0 saturated carbocycles. The number of hydrogen-bond acceptors (Lipinski definition) is 3. The standard InChI is InChI=1S/C22H26O3/c1-16(14-17-6-10-19(11-7-17)22(2,3)4)15-25-21(23)18-8-12-20(24-5)13-9-18/h6-13,15H,14H2,1-5H3. The van der Waals surface area contributed by atoms with Crippen molar-refractivity contribution in [3.8, 4) is 5.75 Å². The molecule has 2 aromatic carbocycles. The zero-order chi connectivity index (χ0) is 18.4. The highest BCUT2D eigenvalue weighted by Gasteiger charge is 2.13. The van der Waals surface area contributed by atoms with Crippen molar-refractivity contribution in [2.24, 2.45) is 0 Å². The second-order valence-electron chi connectivity index (χ2n) is 7.22. The number of hydrogen-bond donors (Lipinski definition) is 0. The summed E-state index contributed by atoms with van der Waals surface area (Å²) in [5.74, 6) is 0.340. The number of esters is 1. The number of benzene rings is 2. The Morgan fingerprint density at radius 3 is 2.12 bits per heavy atom. The zero-order valence-electron chi connectivity index (χ0n) is 15.6. The zero-order valence-corrected chi connectivity index (χ0v) is 15.6. The van der Waals surface area contributed by atoms with Crippen molar-refractivity contribution < 1.29 is 14.3 Å². The molecule has 0 atom stereocenters. The maximum atomic E-state index is 12.0. The van der Waals surface area contributed by atoms with Crippen LogP contribution in [-0.2, 0) is 16.6 Å². The second kappa shape index (κ2) is 8.02. The van der Waals surface area contributed by atoms with Gasteiger partial charge in [0.1, 0.15) is 5.75 Å². The van der Waals surface area contributed by atoms with Crippen LogP contribution >= 0.6 is 0 Å². The van der Waals surface area contributed by atoms with Crippen LogP contribution in [-0.4, -0.2) is 13.1 Å². The van der Waals surface area contributed by atoms with Gasteiger partial charge in [-0.25, -0.2) is 4.79 Å². The van der Waals surface area contributed by atoms with E-state index < -0.39 is 0 Å². The molecule has 0 aliphatic heterocycles. The fourth-order valence-corrected chi connectivity index (χ4v) is 2.44. The molecule has 3 heteroatoms. The van der Waals surface area contributed by atoms with Gasteiger partial charge < -0.3 is 9.47 Å². The Kier molecular flexibility index (Phi) is 6.02. The molecule has 0 heterocycles. The van der Waals surface area contributed by atoms with E-state index in [0.29, 0.717) is 11.3 Å². The minimum Gasteiger partial charge on any atom is -0.497 e. The van der Waals surface area contributed by atoms with E-state index in [9.17, 15) is 4.79 Å². The van der Waals surface area contributed by atoms with E-state index in [0.717, 1.165) is 12.0 Å². The van der Waals surface area contributed by atoms with E-state index in [1.54, 1.807) is 31.4 Å². The maximum absolute atomic E-state index is 12.0. The summed E-state index contributed by atoms with van der Waals surface area (Å²) in [7, 11) is 1.59. The predicted octanol–water partition coefficient (Wildman–Crippen LogP) is 5.30. The summed E-state index contributed by atoms with van der Waals surface area (Å²) >= 11 is 0. The molecule has 2 rings (SSSR count). The molecule has 0 fully saturated rings. The summed E-state index contributed by atoms with van der Waals surface area (Å²) in [6.45, 7) is 8.56. The highest BCUT2D eigenvalue weighted by molar-refractivity contribution is 5.89. The van der Waals surface area contributed by atoms with Gasteiger partial charge in [-0.3, -0.25) is 0 Å². The van der Waals surface area contributed by atoms with Gasteiger partial charge in [0, 0.05) is 0 Å². The largest absolute Gasteiger partial charge is 0.497 e. The first-order valence-electron chi connectivity index (χ1n) is 8.39. The monoisotopic (exact) mass is 338 g/mol. The first-order chi connectivity index (χ1) is 11.8. The molecule has 25 heavy (non-hydrogen) atoms. The van der Waals surface area contributed by atoms with Crippen molar-refractivity contribution in [2.45, 2.75) is 39.5 Å². The third-order valence-corrected chi connectivity index (χ3v) is 4.00. The second-order valence-corrected chi connectivity index (χ2v) is 7.22. The molecule has 0 aliphatic carbocycles. The quantitative estimate of drug-likeness (QED) is 0.548. The highest BCUT2D eigenvalue weighted by Crippen LogP contribution is 2.23. The molecule has 2 aromatic rings. The van der Waals surface area contributed by atoms with Gasteiger partial charge in [-0.2, -0.15) is 0 Å². The summed E-state index contributed by atoms with van der Waals surface area (Å²) in [5.41, 5.74) is 4.15. The third-order valence-electron chi connectivity index (χ3n) is 4.00. The van der Waals surface area contributed by atoms with Gasteiger partial charge in [-0.1, -0.05) is 45.0 Å². The Hall–Kier alpha value is -2.55. The Morgan fingerprint density at radius 1 is 1.00 bits per heavy atom. The lowest BCUT2D eigenvalue weighted by Gasteiger charge is -2.19. The van der Waals surface area contributed by atoms with E-state index >= 15 is 0 Å². The molecule has 3 nitrogen and oxygen atoms in total. The molecule has 0 unspecified atom stereocenters. The van der Waals surface area contributed by atoms with E-state index in [-0.39, 0.29) is 11.4 Å². The number of methoxy groups -OCH3 is 1. The van der Waals surface area contributed by atoms with Gasteiger partial charge in [-0.15, -0.1) is 0 Å². The van der Waals surface area contributed by atoms with E-state index in [1.807, 2.05) is 6.92 Å². The van der Waals surface area contributed by atoms with Gasteiger partial charge in [-0.05, 0) is 59.7 Å². The summed E-state index contributed by atoms with van der Waals surface area (Å²) in [6, 6.07) is 15.4. The van der Waals surface area contributed by atoms with E-state index in [1.165, 1.54) is 17.4 Å². The van der Waals surface area contributed by atoms with Crippen LogP contribution in [0.5, 0.6) is 5.75 Å². The number of ether oxygens (including phenoxy) is 2. The molecular formula is C22H26O3. The Morgan fingerprint density at radius 2 is 1.60 bits per heavy atom. The lowest BCUT2D eigenvalue weighted by atomic mass is 9.86. The summed E-state index contributed by atoms with van der Waals surface area (Å²) in [5, 5.41) is 0. The SMILES string of the molecule is COc1ccc(C(=O)OC=C(C)Cc2ccc(C(C)(C)C)cc2)cc1. The molecule has 0 aliphatic rings. The van der Waals surface area contributed by atoms with Crippen LogP contribution in [0.1, 0.15) is 49.2 Å². The normalized spacial score (nSPS) is 12.0. The fourth-order valence-electron chi connectivity index (χ4n) is 2.44. The van der Waals surface area contributed by atoms with Crippen LogP contribution in [0.4, 0.5) is 0 Å². The van der Waals surface area contributed by atoms with Gasteiger partial charge in [0.05, 0.1) is 18.9 Å². The van der Waals surface area contributed by atoms with Gasteiger partial charge in [0.15, 0.2) is 0 Å². The Labute approximate surface area is 150 Å². The topological polar surface area (TPSA) is 35.5 Å². The minimum atomic E-state index is -0.370. The van der Waals surface area contributed by atoms with Crippen LogP contribution in [0, 0.1) is 0 Å². The van der Waals surface area contributed by atoms with Crippen LogP contribution in [0.2, 0.25) is 0 Å². The molecule has 0 N–H and O–H groups in total. The van der Waals surface area contributed by atoms with Crippen molar-refractivity contribution in [3.63, 3.8) is 0 Å². The van der Waals surface area contributed by atoms with Gasteiger partial charge in [0.25, 0.3) is 0 Å². The maximum Gasteiger partial charge on any atom is 0.342 e. The van der Waals surface area contributed by atoms with E-state index in [2.05, 4.69) is 45.0 Å². The summed E-state index contributed by atoms with van der Waals surface area (Å²) in [4.78, 5) is 12.0. The number of rotatable bonds is 5. The molecular weight excluding hydrogens is 312 g/mol. The van der Waals surface area contributed by atoms with Gasteiger partial charge in [0.2, 0.25) is 0 Å². The molecule has 132 valence electrons. The molecule has 0 spiro atoms. The van der Waals surface area contributed by atoms with Crippen molar-refractivity contribution in [3.05, 3.63) is 77.1 Å². The highest BCUT2D eigenvalue weighted by atomic mass is 16.5. The smallest absolute Gasteiger partial charge is 0.342 e. The number of carbonyl (C=O) groups excluding carboxylic acids is 1. The molecule has 0 aromatic heterocycles. The lowest BCUT2D eigenvalue weighted by molar-refractivity contribution is 0.0660. The first-order valence-corrected chi connectivity index (χ1v) is 8.39. The van der Waals surface area contributed by atoms with Crippen molar-refractivity contribution >= 4 is 5.97 Å². The first kappa shape index (κ1) is 18.8. The Bertz CT molecular complexity index is 732. The van der Waals surface area contributed by atoms with Crippen LogP contribution in [0.15, 0.2) is 60.4 Å². The van der Waals surface area contributed by atoms with Crippen LogP contribution in [0.25, 0.3) is 0 Å². The van der Waals surface area contributed by atoms with Crippen LogP contribution in [0.3, 0.4) is 0 Å². The average Bonchev–Trinajstić information content (AvgIpc) is 2.59. The molecule has 0 saturated heterocycles. The van der Waals surface area contributed by atoms with Crippen molar-refractivity contribution in [2.75, 3.05) is 7.11 Å². The van der Waals surface area contributed by atoms with Crippen molar-refractivity contribution in [1.82, 2.24) is 0 Å². The van der Waals surface area contributed by atoms with Gasteiger partial charge >= 0.3 is 5.97 Å². The predicted molar refractivity (Wildman–Crippen MR) is 101 cm³/mol. The number of carbonyl (C=O) groups is 1. The van der Waals surface area contributed by atoms with Crippen molar-refractivity contribution in [1.29, 1.82) is 0 Å². The summed E-state index contributed by atoms with van der Waals surface area (Å²) < 4.78 is 10.4. The third kappa shape index (κ3) is 5.49.